The van der Waals surface area contributed by atoms with Gasteiger partial charge in [-0.1, -0.05) is 45.4 Å². The van der Waals surface area contributed by atoms with Gasteiger partial charge in [0.15, 0.2) is 0 Å². The van der Waals surface area contributed by atoms with Crippen LogP contribution < -0.4 is 0 Å². The highest BCUT2D eigenvalue weighted by atomic mass is 16.5. The van der Waals surface area contributed by atoms with Crippen LogP contribution in [-0.2, 0) is 9.53 Å². The van der Waals surface area contributed by atoms with Crippen LogP contribution >= 0.6 is 0 Å². The van der Waals surface area contributed by atoms with Gasteiger partial charge in [-0.05, 0) is 38.0 Å². The summed E-state index contributed by atoms with van der Waals surface area (Å²) in [5, 5.41) is 8.56. The molecule has 0 spiro atoms. The summed E-state index contributed by atoms with van der Waals surface area (Å²) < 4.78 is 5.92. The molecule has 1 N–H and O–H groups in total. The first kappa shape index (κ1) is 17.5. The number of carboxylic acid groups (broad SMARTS) is 1. The molecule has 1 saturated carbocycles. The number of unbranched alkanes of at least 4 members (excludes halogenated alkanes) is 4. The molecule has 0 aromatic carbocycles. The van der Waals surface area contributed by atoms with Crippen LogP contribution in [0.15, 0.2) is 0 Å². The van der Waals surface area contributed by atoms with Crippen LogP contribution in [-0.4, -0.2) is 23.8 Å². The maximum absolute atomic E-state index is 10.4. The Morgan fingerprint density at radius 3 is 2.70 bits per heavy atom. The normalized spacial score (nSPS) is 22.7. The van der Waals surface area contributed by atoms with E-state index in [4.69, 9.17) is 9.84 Å². The van der Waals surface area contributed by atoms with Gasteiger partial charge < -0.3 is 9.84 Å². The molecule has 0 bridgehead atoms. The van der Waals surface area contributed by atoms with Crippen LogP contribution in [0, 0.1) is 11.8 Å². The molecule has 1 aliphatic rings. The Labute approximate surface area is 124 Å². The van der Waals surface area contributed by atoms with Crippen molar-refractivity contribution in [3.63, 3.8) is 0 Å². The van der Waals surface area contributed by atoms with Gasteiger partial charge in [-0.2, -0.15) is 0 Å². The zero-order valence-corrected chi connectivity index (χ0v) is 13.3. The first-order chi connectivity index (χ1) is 9.63. The van der Waals surface area contributed by atoms with Crippen molar-refractivity contribution in [1.29, 1.82) is 0 Å². The minimum absolute atomic E-state index is 0.326. The Morgan fingerprint density at radius 1 is 1.20 bits per heavy atom. The number of hydrogen-bond acceptors (Lipinski definition) is 2. The van der Waals surface area contributed by atoms with Crippen molar-refractivity contribution in [1.82, 2.24) is 0 Å². The van der Waals surface area contributed by atoms with Gasteiger partial charge in [0.1, 0.15) is 0 Å². The Hall–Kier alpha value is -0.570. The molecule has 0 aromatic rings. The molecule has 0 amide bonds. The Kier molecular flexibility index (Phi) is 8.92. The van der Waals surface area contributed by atoms with Gasteiger partial charge in [-0.15, -0.1) is 0 Å². The maximum Gasteiger partial charge on any atom is 0.303 e. The van der Waals surface area contributed by atoms with E-state index in [1.165, 1.54) is 44.9 Å². The smallest absolute Gasteiger partial charge is 0.303 e. The number of carbonyl (C=O) groups is 1. The van der Waals surface area contributed by atoms with E-state index in [2.05, 4.69) is 13.8 Å². The summed E-state index contributed by atoms with van der Waals surface area (Å²) in [6.07, 6.45) is 11.5. The molecule has 118 valence electrons. The average molecular weight is 284 g/mol. The molecule has 1 fully saturated rings. The molecular formula is C17H32O3. The van der Waals surface area contributed by atoms with Crippen molar-refractivity contribution in [3.05, 3.63) is 0 Å². The fourth-order valence-electron chi connectivity index (χ4n) is 2.78. The third-order valence-corrected chi connectivity index (χ3v) is 4.34. The number of ether oxygens (including phenoxy) is 1. The molecule has 0 heterocycles. The molecule has 0 radical (unpaired) electrons. The van der Waals surface area contributed by atoms with E-state index < -0.39 is 5.97 Å². The number of hydrogen-bond donors (Lipinski definition) is 1. The first-order valence-electron chi connectivity index (χ1n) is 8.46. The molecule has 1 aliphatic carbocycles. The fraction of sp³-hybridized carbons (Fsp3) is 0.941. The largest absolute Gasteiger partial charge is 0.481 e. The van der Waals surface area contributed by atoms with E-state index in [1.54, 1.807) is 0 Å². The average Bonchev–Trinajstić information content (AvgIpc) is 3.14. The summed E-state index contributed by atoms with van der Waals surface area (Å²) in [5.74, 6) is 0.963. The lowest BCUT2D eigenvalue weighted by molar-refractivity contribution is -0.137. The Balaban J connectivity index is 1.89. The highest BCUT2D eigenvalue weighted by Crippen LogP contribution is 2.42. The second-order valence-corrected chi connectivity index (χ2v) is 6.39. The van der Waals surface area contributed by atoms with Crippen LogP contribution in [0.1, 0.15) is 78.1 Å². The minimum Gasteiger partial charge on any atom is -0.481 e. The molecule has 0 aromatic heterocycles. The molecule has 0 saturated heterocycles. The predicted octanol–water partition coefficient (Wildman–Crippen LogP) is 4.64. The highest BCUT2D eigenvalue weighted by molar-refractivity contribution is 5.66. The third kappa shape index (κ3) is 8.57. The van der Waals surface area contributed by atoms with Crippen molar-refractivity contribution >= 4 is 5.97 Å². The molecular weight excluding hydrogens is 252 g/mol. The van der Waals surface area contributed by atoms with Gasteiger partial charge in [-0.3, -0.25) is 4.79 Å². The van der Waals surface area contributed by atoms with Crippen molar-refractivity contribution in [2.45, 2.75) is 84.2 Å². The monoisotopic (exact) mass is 284 g/mol. The van der Waals surface area contributed by atoms with Gasteiger partial charge in [0.05, 0.1) is 12.7 Å². The second kappa shape index (κ2) is 10.2. The van der Waals surface area contributed by atoms with Crippen LogP contribution in [0.25, 0.3) is 0 Å². The molecule has 1 rings (SSSR count). The lowest BCUT2D eigenvalue weighted by Gasteiger charge is -2.12. The number of carboxylic acids is 1. The molecule has 3 atom stereocenters. The van der Waals surface area contributed by atoms with Crippen molar-refractivity contribution in [3.8, 4) is 0 Å². The maximum atomic E-state index is 10.4. The van der Waals surface area contributed by atoms with Crippen LogP contribution in [0.2, 0.25) is 0 Å². The van der Waals surface area contributed by atoms with E-state index in [9.17, 15) is 4.79 Å². The summed E-state index contributed by atoms with van der Waals surface area (Å²) in [5.41, 5.74) is 0. The van der Waals surface area contributed by atoms with Crippen molar-refractivity contribution in [2.75, 3.05) is 6.61 Å². The standard InChI is InChI=1S/C17H32O3/c1-3-4-6-9-14(2)20-13-16-12-15(16)10-7-5-8-11-17(18)19/h14-16H,3-13H2,1-2H3,(H,18,19). The number of aliphatic carboxylic acids is 1. The molecule has 0 aliphatic heterocycles. The Bertz CT molecular complexity index is 265. The van der Waals surface area contributed by atoms with Crippen LogP contribution in [0.4, 0.5) is 0 Å². The summed E-state index contributed by atoms with van der Waals surface area (Å²) in [6.45, 7) is 5.36. The SMILES string of the molecule is CCCCCC(C)OCC1CC1CCCCCC(=O)O. The van der Waals surface area contributed by atoms with Crippen LogP contribution in [0.3, 0.4) is 0 Å². The predicted molar refractivity (Wildman–Crippen MR) is 81.9 cm³/mol. The topological polar surface area (TPSA) is 46.5 Å². The highest BCUT2D eigenvalue weighted by Gasteiger charge is 2.36. The third-order valence-electron chi connectivity index (χ3n) is 4.34. The first-order valence-corrected chi connectivity index (χ1v) is 8.46. The summed E-state index contributed by atoms with van der Waals surface area (Å²) in [7, 11) is 0. The van der Waals surface area contributed by atoms with Crippen molar-refractivity contribution in [2.24, 2.45) is 11.8 Å². The summed E-state index contributed by atoms with van der Waals surface area (Å²) in [6, 6.07) is 0. The van der Waals surface area contributed by atoms with Crippen LogP contribution in [0.5, 0.6) is 0 Å². The summed E-state index contributed by atoms with van der Waals surface area (Å²) in [4.78, 5) is 10.4. The Morgan fingerprint density at radius 2 is 2.00 bits per heavy atom. The molecule has 20 heavy (non-hydrogen) atoms. The second-order valence-electron chi connectivity index (χ2n) is 6.39. The lowest BCUT2D eigenvalue weighted by atomic mass is 10.1. The van der Waals surface area contributed by atoms with Gasteiger partial charge in [-0.25, -0.2) is 0 Å². The van der Waals surface area contributed by atoms with Gasteiger partial charge in [0.2, 0.25) is 0 Å². The zero-order chi connectivity index (χ0) is 14.8. The van der Waals surface area contributed by atoms with E-state index in [1.807, 2.05) is 0 Å². The molecule has 3 heteroatoms. The molecule has 3 unspecified atom stereocenters. The van der Waals surface area contributed by atoms with Gasteiger partial charge in [0.25, 0.3) is 0 Å². The van der Waals surface area contributed by atoms with Crippen molar-refractivity contribution < 1.29 is 14.6 Å². The summed E-state index contributed by atoms with van der Waals surface area (Å²) >= 11 is 0. The number of rotatable bonds is 13. The minimum atomic E-state index is -0.667. The van der Waals surface area contributed by atoms with E-state index in [-0.39, 0.29) is 0 Å². The quantitative estimate of drug-likeness (QED) is 0.501. The van der Waals surface area contributed by atoms with Gasteiger partial charge >= 0.3 is 5.97 Å². The van der Waals surface area contributed by atoms with E-state index >= 15 is 0 Å². The fourth-order valence-corrected chi connectivity index (χ4v) is 2.78. The van der Waals surface area contributed by atoms with E-state index in [0.29, 0.717) is 12.5 Å². The zero-order valence-electron chi connectivity index (χ0n) is 13.3. The van der Waals surface area contributed by atoms with Gasteiger partial charge in [0, 0.05) is 6.42 Å². The van der Waals surface area contributed by atoms with E-state index in [0.717, 1.165) is 31.3 Å². The molecule has 3 nitrogen and oxygen atoms in total. The lowest BCUT2D eigenvalue weighted by Crippen LogP contribution is -2.10.